The van der Waals surface area contributed by atoms with Gasteiger partial charge in [0.15, 0.2) is 11.6 Å². The molecule has 146 valence electrons. The van der Waals surface area contributed by atoms with Crippen molar-refractivity contribution in [1.29, 1.82) is 0 Å². The first-order valence-corrected chi connectivity index (χ1v) is 9.73. The monoisotopic (exact) mass is 388 g/mol. The lowest BCUT2D eigenvalue weighted by atomic mass is 10.00. The zero-order valence-corrected chi connectivity index (χ0v) is 15.8. The Morgan fingerprint density at radius 1 is 1.14 bits per heavy atom. The molecule has 0 bridgehead atoms. The Bertz CT molecular complexity index is 1100. The third-order valence-electron chi connectivity index (χ3n) is 5.32. The number of nitrogens with zero attached hydrogens (tertiary/aromatic N) is 5. The topological polar surface area (TPSA) is 98.2 Å². The highest BCUT2D eigenvalue weighted by Crippen LogP contribution is 2.30. The molecule has 0 atom stereocenters. The fraction of sp³-hybridized carbons (Fsp3) is 0.286. The SMILES string of the molecule is O=[N+]([O-])c1ccc2c(c1)C(c1ccccc1)=NCc1nnc(CNCC3CC3)n1-2. The number of aromatic nitrogens is 3. The lowest BCUT2D eigenvalue weighted by Gasteiger charge is -2.13. The Kier molecular flexibility index (Phi) is 4.40. The predicted octanol–water partition coefficient (Wildman–Crippen LogP) is 3.03. The van der Waals surface area contributed by atoms with Crippen LogP contribution in [0.4, 0.5) is 5.69 Å². The minimum absolute atomic E-state index is 0.0392. The van der Waals surface area contributed by atoms with E-state index in [-0.39, 0.29) is 10.6 Å². The summed E-state index contributed by atoms with van der Waals surface area (Å²) >= 11 is 0. The first-order valence-electron chi connectivity index (χ1n) is 9.73. The Morgan fingerprint density at radius 2 is 1.97 bits per heavy atom. The first kappa shape index (κ1) is 17.7. The molecule has 2 heterocycles. The van der Waals surface area contributed by atoms with Gasteiger partial charge in [-0.25, -0.2) is 0 Å². The van der Waals surface area contributed by atoms with Gasteiger partial charge in [-0.15, -0.1) is 10.2 Å². The van der Waals surface area contributed by atoms with Crippen molar-refractivity contribution in [2.24, 2.45) is 10.9 Å². The van der Waals surface area contributed by atoms with Crippen molar-refractivity contribution in [3.63, 3.8) is 0 Å². The molecule has 8 heteroatoms. The maximum Gasteiger partial charge on any atom is 0.270 e. The summed E-state index contributed by atoms with van der Waals surface area (Å²) in [6.45, 7) is 1.93. The van der Waals surface area contributed by atoms with Crippen molar-refractivity contribution in [3.05, 3.63) is 81.4 Å². The van der Waals surface area contributed by atoms with Crippen LogP contribution in [0.3, 0.4) is 0 Å². The summed E-state index contributed by atoms with van der Waals surface area (Å²) in [6, 6.07) is 14.6. The van der Waals surface area contributed by atoms with E-state index >= 15 is 0 Å². The van der Waals surface area contributed by atoms with Crippen molar-refractivity contribution in [1.82, 2.24) is 20.1 Å². The van der Waals surface area contributed by atoms with Gasteiger partial charge in [0, 0.05) is 23.3 Å². The van der Waals surface area contributed by atoms with E-state index in [0.717, 1.165) is 41.1 Å². The Morgan fingerprint density at radius 3 is 2.72 bits per heavy atom. The number of nitro groups is 1. The van der Waals surface area contributed by atoms with E-state index in [2.05, 4.69) is 15.5 Å². The second-order valence-electron chi connectivity index (χ2n) is 7.43. The maximum absolute atomic E-state index is 11.4. The van der Waals surface area contributed by atoms with Crippen LogP contribution in [0.15, 0.2) is 53.5 Å². The number of aliphatic imine (C=N–C) groups is 1. The highest BCUT2D eigenvalue weighted by Gasteiger charge is 2.25. The average Bonchev–Trinajstić information content (AvgIpc) is 3.50. The van der Waals surface area contributed by atoms with Gasteiger partial charge in [-0.1, -0.05) is 30.3 Å². The molecule has 2 aliphatic rings. The highest BCUT2D eigenvalue weighted by atomic mass is 16.6. The van der Waals surface area contributed by atoms with Crippen molar-refractivity contribution >= 4 is 11.4 Å². The quantitative estimate of drug-likeness (QED) is 0.517. The number of nitrogens with one attached hydrogen (secondary N) is 1. The van der Waals surface area contributed by atoms with Gasteiger partial charge in [-0.05, 0) is 31.4 Å². The zero-order valence-electron chi connectivity index (χ0n) is 15.8. The van der Waals surface area contributed by atoms with Crippen LogP contribution < -0.4 is 5.32 Å². The van der Waals surface area contributed by atoms with Crippen LogP contribution in [0, 0.1) is 16.0 Å². The molecule has 1 saturated carbocycles. The fourth-order valence-corrected chi connectivity index (χ4v) is 3.66. The number of hydrogen-bond acceptors (Lipinski definition) is 6. The lowest BCUT2D eigenvalue weighted by molar-refractivity contribution is -0.384. The molecule has 5 rings (SSSR count). The van der Waals surface area contributed by atoms with Crippen LogP contribution >= 0.6 is 0 Å². The fourth-order valence-electron chi connectivity index (χ4n) is 3.66. The molecule has 0 radical (unpaired) electrons. The van der Waals surface area contributed by atoms with Gasteiger partial charge in [0.05, 0.1) is 22.9 Å². The second-order valence-corrected chi connectivity index (χ2v) is 7.43. The third-order valence-corrected chi connectivity index (χ3v) is 5.32. The van der Waals surface area contributed by atoms with Gasteiger partial charge >= 0.3 is 0 Å². The molecule has 0 saturated heterocycles. The van der Waals surface area contributed by atoms with Crippen LogP contribution in [0.5, 0.6) is 0 Å². The molecular formula is C21H20N6O2. The van der Waals surface area contributed by atoms with E-state index < -0.39 is 0 Å². The summed E-state index contributed by atoms with van der Waals surface area (Å²) in [4.78, 5) is 15.8. The molecule has 1 aliphatic heterocycles. The van der Waals surface area contributed by atoms with E-state index in [9.17, 15) is 10.1 Å². The maximum atomic E-state index is 11.4. The van der Waals surface area contributed by atoms with E-state index in [1.54, 1.807) is 12.1 Å². The molecule has 1 fully saturated rings. The number of benzene rings is 2. The van der Waals surface area contributed by atoms with E-state index in [1.165, 1.54) is 18.9 Å². The van der Waals surface area contributed by atoms with Gasteiger partial charge in [0.25, 0.3) is 5.69 Å². The summed E-state index contributed by atoms with van der Waals surface area (Å²) in [5, 5.41) is 23.6. The normalized spacial score (nSPS) is 15.2. The number of fused-ring (bicyclic) bond motifs is 3. The van der Waals surface area contributed by atoms with E-state index in [0.29, 0.717) is 18.7 Å². The van der Waals surface area contributed by atoms with Crippen LogP contribution in [-0.4, -0.2) is 31.9 Å². The zero-order chi connectivity index (χ0) is 19.8. The third kappa shape index (κ3) is 3.42. The molecule has 1 aromatic heterocycles. The van der Waals surface area contributed by atoms with Gasteiger partial charge in [0.1, 0.15) is 6.54 Å². The van der Waals surface area contributed by atoms with Gasteiger partial charge < -0.3 is 5.32 Å². The molecule has 3 aromatic rings. The Labute approximate surface area is 167 Å². The minimum Gasteiger partial charge on any atom is -0.310 e. The summed E-state index contributed by atoms with van der Waals surface area (Å²) in [5.74, 6) is 2.29. The average molecular weight is 388 g/mol. The molecule has 8 nitrogen and oxygen atoms in total. The lowest BCUT2D eigenvalue weighted by Crippen LogP contribution is -2.20. The molecule has 1 N–H and O–H groups in total. The molecule has 0 amide bonds. The summed E-state index contributed by atoms with van der Waals surface area (Å²) in [7, 11) is 0. The summed E-state index contributed by atoms with van der Waals surface area (Å²) < 4.78 is 1.98. The van der Waals surface area contributed by atoms with Gasteiger partial charge in [-0.3, -0.25) is 19.7 Å². The predicted molar refractivity (Wildman–Crippen MR) is 108 cm³/mol. The molecular weight excluding hydrogens is 368 g/mol. The Balaban J connectivity index is 1.61. The standard InChI is InChI=1S/C21H20N6O2/c28-27(29)16-8-9-18-17(10-16)21(15-4-2-1-3-5-15)23-13-20-25-24-19(26(18)20)12-22-11-14-6-7-14/h1-5,8-10,14,22H,6-7,11-13H2. The smallest absolute Gasteiger partial charge is 0.270 e. The number of nitro benzene ring substituents is 1. The number of non-ortho nitro benzene ring substituents is 1. The summed E-state index contributed by atoms with van der Waals surface area (Å²) in [6.07, 6.45) is 2.57. The van der Waals surface area contributed by atoms with Crippen LogP contribution in [0.2, 0.25) is 0 Å². The van der Waals surface area contributed by atoms with Crippen LogP contribution in [-0.2, 0) is 13.1 Å². The molecule has 0 spiro atoms. The van der Waals surface area contributed by atoms with Gasteiger partial charge in [0.2, 0.25) is 0 Å². The van der Waals surface area contributed by atoms with Crippen LogP contribution in [0.25, 0.3) is 5.69 Å². The van der Waals surface area contributed by atoms with Crippen molar-refractivity contribution in [3.8, 4) is 5.69 Å². The Hall–Kier alpha value is -3.39. The van der Waals surface area contributed by atoms with Crippen molar-refractivity contribution in [2.45, 2.75) is 25.9 Å². The number of rotatable bonds is 6. The molecule has 29 heavy (non-hydrogen) atoms. The van der Waals surface area contributed by atoms with Crippen molar-refractivity contribution < 1.29 is 4.92 Å². The molecule has 0 unspecified atom stereocenters. The molecule has 1 aliphatic carbocycles. The van der Waals surface area contributed by atoms with E-state index in [4.69, 9.17) is 4.99 Å². The highest BCUT2D eigenvalue weighted by molar-refractivity contribution is 6.15. The second kappa shape index (κ2) is 7.21. The molecule has 2 aromatic carbocycles. The first-order chi connectivity index (χ1) is 14.2. The minimum atomic E-state index is -0.376. The van der Waals surface area contributed by atoms with Crippen molar-refractivity contribution in [2.75, 3.05) is 6.54 Å². The van der Waals surface area contributed by atoms with E-state index in [1.807, 2.05) is 34.9 Å². The van der Waals surface area contributed by atoms with Gasteiger partial charge in [-0.2, -0.15) is 0 Å². The largest absolute Gasteiger partial charge is 0.310 e. The van der Waals surface area contributed by atoms with Crippen LogP contribution in [0.1, 0.15) is 35.6 Å². The number of hydrogen-bond donors (Lipinski definition) is 1. The summed E-state index contributed by atoms with van der Waals surface area (Å²) in [5.41, 5.74) is 3.22.